The van der Waals surface area contributed by atoms with E-state index < -0.39 is 0 Å². The molecule has 0 N–H and O–H groups in total. The quantitative estimate of drug-likeness (QED) is 0.183. The highest BCUT2D eigenvalue weighted by Crippen LogP contribution is 2.23. The van der Waals surface area contributed by atoms with Crippen LogP contribution in [0.15, 0.2) is 46.4 Å². The highest BCUT2D eigenvalue weighted by Gasteiger charge is 2.09. The summed E-state index contributed by atoms with van der Waals surface area (Å²) in [5, 5.41) is 0. The number of nitrogens with zero attached hydrogens (tertiary/aromatic N) is 2. The first-order chi connectivity index (χ1) is 55.0. The van der Waals surface area contributed by atoms with E-state index in [0.29, 0.717) is 59.6 Å². The molecule has 0 saturated heterocycles. The van der Waals surface area contributed by atoms with E-state index in [2.05, 4.69) is 351 Å². The van der Waals surface area contributed by atoms with Crippen LogP contribution in [0.4, 0.5) is 0 Å². The van der Waals surface area contributed by atoms with Crippen molar-refractivity contribution < 1.29 is 0 Å². The summed E-state index contributed by atoms with van der Waals surface area (Å²) in [5.74, 6) is 0. The number of benzene rings is 1. The monoisotopic (exact) mass is 1720 g/mol. The Morgan fingerprint density at radius 2 is 0.279 bits per heavy atom. The highest BCUT2D eigenvalue weighted by molar-refractivity contribution is 5.59. The third-order valence-corrected chi connectivity index (χ3v) is 14.9. The number of aliphatic imine (C=N–C) groups is 2. The van der Waals surface area contributed by atoms with Gasteiger partial charge in [0.1, 0.15) is 0 Å². The van der Waals surface area contributed by atoms with Crippen molar-refractivity contribution in [2.75, 3.05) is 13.1 Å². The maximum absolute atomic E-state index is 4.05. The van der Waals surface area contributed by atoms with E-state index in [1.165, 1.54) is 334 Å². The summed E-state index contributed by atoms with van der Waals surface area (Å²) in [5.41, 5.74) is 8.63. The van der Waals surface area contributed by atoms with Crippen LogP contribution >= 0.6 is 0 Å². The predicted molar refractivity (Wildman–Crippen MR) is 584 cm³/mol. The molecule has 0 amide bonds. The molecule has 7 fully saturated rings. The minimum atomic E-state index is 0. The van der Waals surface area contributed by atoms with Gasteiger partial charge in [0.25, 0.3) is 0 Å². The number of allylic oxidation sites excluding steroid dienone is 2. The second-order valence-electron chi connectivity index (χ2n) is 54.3. The normalized spacial score (nSPS) is 17.4. The third kappa shape index (κ3) is 311. The van der Waals surface area contributed by atoms with E-state index in [4.69, 9.17) is 0 Å². The molecule has 11 aliphatic rings. The molecule has 2 nitrogen and oxygen atoms in total. The number of fused-ring (bicyclic) bond motifs is 1. The summed E-state index contributed by atoms with van der Waals surface area (Å²) in [4.78, 5) is 8.01. The fourth-order valence-corrected chi connectivity index (χ4v) is 10.4. The molecule has 2 aliphatic heterocycles. The van der Waals surface area contributed by atoms with Crippen molar-refractivity contribution in [3.8, 4) is 0 Å². The first-order valence-corrected chi connectivity index (χ1v) is 52.6. The van der Waals surface area contributed by atoms with Gasteiger partial charge in [0, 0.05) is 13.1 Å². The van der Waals surface area contributed by atoms with Gasteiger partial charge in [-0.05, 0) is 160 Å². The average Bonchev–Trinajstić information content (AvgIpc) is 1.74. The predicted octanol–water partition coefficient (Wildman–Crippen LogP) is 45.2. The van der Waals surface area contributed by atoms with Crippen LogP contribution in [0.1, 0.15) is 644 Å². The molecule has 1 aromatic rings. The molecule has 742 valence electrons. The summed E-state index contributed by atoms with van der Waals surface area (Å²) in [7, 11) is 0. The maximum atomic E-state index is 4.05. The van der Waals surface area contributed by atoms with Crippen LogP contribution in [-0.2, 0) is 12.8 Å². The van der Waals surface area contributed by atoms with Gasteiger partial charge >= 0.3 is 0 Å². The van der Waals surface area contributed by atoms with Crippen LogP contribution in [0.5, 0.6) is 0 Å². The molecule has 122 heavy (non-hydrogen) atoms. The van der Waals surface area contributed by atoms with E-state index in [0.717, 1.165) is 13.1 Å². The lowest BCUT2D eigenvalue weighted by atomic mass is 10.0. The lowest BCUT2D eigenvalue weighted by Crippen LogP contribution is -1.93. The van der Waals surface area contributed by atoms with Gasteiger partial charge in [-0.1, -0.05) is 605 Å². The zero-order chi connectivity index (χ0) is 95.9. The first-order valence-electron chi connectivity index (χ1n) is 52.6. The van der Waals surface area contributed by atoms with Crippen LogP contribution in [-0.4, -0.2) is 25.5 Å². The van der Waals surface area contributed by atoms with Crippen molar-refractivity contribution in [3.63, 3.8) is 0 Å². The number of hydrogen-bond acceptors (Lipinski definition) is 2. The lowest BCUT2D eigenvalue weighted by Gasteiger charge is -2.05. The van der Waals surface area contributed by atoms with Gasteiger partial charge in [-0.25, -0.2) is 0 Å². The number of hydrogen-bond donors (Lipinski definition) is 0. The van der Waals surface area contributed by atoms with Crippen LogP contribution in [0.2, 0.25) is 0 Å². The maximum Gasteiger partial charge on any atom is 0.0388 e. The molecule has 12 rings (SSSR count). The smallest absolute Gasteiger partial charge is 0.0388 e. The lowest BCUT2D eigenvalue weighted by molar-refractivity contribution is 0.469. The Bertz CT molecular complexity index is 1660. The molecule has 0 unspecified atom stereocenters. The van der Waals surface area contributed by atoms with Gasteiger partial charge < -0.3 is 0 Å². The fourth-order valence-electron chi connectivity index (χ4n) is 10.4. The first kappa shape index (κ1) is 143. The summed E-state index contributed by atoms with van der Waals surface area (Å²) < 4.78 is 0. The Morgan fingerprint density at radius 1 is 0.156 bits per heavy atom. The molecule has 7 saturated carbocycles. The van der Waals surface area contributed by atoms with Crippen molar-refractivity contribution in [1.29, 1.82) is 0 Å². The molecule has 0 atom stereocenters. The highest BCUT2D eigenvalue weighted by atomic mass is 14.7. The molecular formula is C120H252N2. The average molecular weight is 1720 g/mol. The van der Waals surface area contributed by atoms with Crippen molar-refractivity contribution in [2.24, 2.45) is 69.5 Å². The van der Waals surface area contributed by atoms with Gasteiger partial charge in [0.05, 0.1) is 0 Å². The summed E-state index contributed by atoms with van der Waals surface area (Å²) in [6, 6.07) is 8.74. The molecule has 2 heterocycles. The van der Waals surface area contributed by atoms with Gasteiger partial charge in [-0.3, -0.25) is 9.98 Å². The van der Waals surface area contributed by atoms with Crippen molar-refractivity contribution in [2.45, 2.75) is 646 Å². The van der Waals surface area contributed by atoms with E-state index in [1.807, 2.05) is 12.4 Å². The summed E-state index contributed by atoms with van der Waals surface area (Å²) >= 11 is 0. The Kier molecular flexibility index (Phi) is 109. The molecule has 0 radical (unpaired) electrons. The minimum Gasteiger partial charge on any atom is -0.298 e. The Balaban J connectivity index is -0.000000118. The van der Waals surface area contributed by atoms with Gasteiger partial charge in [-0.2, -0.15) is 0 Å². The van der Waals surface area contributed by atoms with E-state index in [1.54, 1.807) is 11.1 Å². The Morgan fingerprint density at radius 3 is 0.352 bits per heavy atom. The van der Waals surface area contributed by atoms with E-state index in [9.17, 15) is 0 Å². The number of aryl methyl sites for hydroxylation is 2. The Hall–Kier alpha value is -1.70. The zero-order valence-corrected chi connectivity index (χ0v) is 94.2. The van der Waals surface area contributed by atoms with Crippen LogP contribution < -0.4 is 0 Å². The van der Waals surface area contributed by atoms with Crippen LogP contribution in [0.3, 0.4) is 0 Å². The summed E-state index contributed by atoms with van der Waals surface area (Å²) in [6.07, 6.45) is 84.3. The molecule has 0 bridgehead atoms. The zero-order valence-electron chi connectivity index (χ0n) is 94.2. The van der Waals surface area contributed by atoms with Gasteiger partial charge in [-0.15, -0.1) is 0 Å². The SMILES string of the molecule is C.C1=CCCCC1.C1=NCCC1.C1=NCCCC1.C1CCCC1.C1CCCC1.C1CCCC1.C1CCCCC1.C1CCCCC1.C1CCCCC1.C1CCCCCC1.CC(C)(C)C.CC(C)(C)C.CC(C)(C)C.CC(C)(C)C.CC(C)(C)C.CC(C)(C)C.CC(C)(C)C.CC(C)(C)C.CC(C)(C)C.CC(C)(C)C.CC(C)(C)C.c1ccc2c(c1)CCC2. The Labute approximate surface area is 783 Å². The van der Waals surface area contributed by atoms with Gasteiger partial charge in [0.2, 0.25) is 0 Å². The molecule has 9 aliphatic carbocycles. The second-order valence-corrected chi connectivity index (χ2v) is 54.3. The van der Waals surface area contributed by atoms with Crippen molar-refractivity contribution in [1.82, 2.24) is 0 Å². The van der Waals surface area contributed by atoms with Crippen molar-refractivity contribution >= 4 is 12.4 Å². The molecule has 1 aromatic carbocycles. The third-order valence-electron chi connectivity index (χ3n) is 14.9. The standard InChI is InChI=1S/C9H10.C7H14.3C6H12.C6H10.C5H9N.3C5H10.11C5H12.C4H7N.CH4/c1-2-5-9-7-3-6-8(9)4-1;1-2-4-6-7-5-3-1;5*1-2-4-6-5-3-1;3*1-2-4-5-3-1;11*1-5(2,3)4;1-2-4-5-3-1;/h1-2,4-5H,3,6-7H2;1-7H2;3*1-6H2;1-2H,3-6H2;4H,1-3,5H2;3*1-5H2;11*1-4H3;3H,1-2,4H2;1H4. The van der Waals surface area contributed by atoms with Crippen LogP contribution in [0.25, 0.3) is 0 Å². The topological polar surface area (TPSA) is 24.7 Å². The van der Waals surface area contributed by atoms with Crippen molar-refractivity contribution in [3.05, 3.63) is 47.5 Å². The van der Waals surface area contributed by atoms with Gasteiger partial charge in [0.15, 0.2) is 0 Å². The minimum absolute atomic E-state index is 0. The second kappa shape index (κ2) is 92.6. The molecule has 2 heteroatoms. The van der Waals surface area contributed by atoms with Crippen LogP contribution in [0, 0.1) is 59.6 Å². The molecular weight excluding hydrogens is 1470 g/mol. The largest absolute Gasteiger partial charge is 0.298 e. The number of rotatable bonds is 0. The molecule has 0 spiro atoms. The van der Waals surface area contributed by atoms with E-state index in [-0.39, 0.29) is 7.43 Å². The van der Waals surface area contributed by atoms with E-state index >= 15 is 0 Å². The fraction of sp³-hybridized carbons (Fsp3) is 0.917. The summed E-state index contributed by atoms with van der Waals surface area (Å²) in [6.45, 7) is 98.4. The molecule has 0 aromatic heterocycles.